The second kappa shape index (κ2) is 6.28. The van der Waals surface area contributed by atoms with Gasteiger partial charge in [-0.05, 0) is 49.4 Å². The molecule has 29 heavy (non-hydrogen) atoms. The van der Waals surface area contributed by atoms with Gasteiger partial charge in [-0.3, -0.25) is 4.79 Å². The number of esters is 2. The first-order valence-corrected chi connectivity index (χ1v) is 10.7. The van der Waals surface area contributed by atoms with E-state index >= 15 is 0 Å². The first kappa shape index (κ1) is 19.5. The Morgan fingerprint density at radius 3 is 2.79 bits per heavy atom. The lowest BCUT2D eigenvalue weighted by molar-refractivity contribution is -0.337. The van der Waals surface area contributed by atoms with Crippen LogP contribution in [0.3, 0.4) is 0 Å². The molecule has 7 nitrogen and oxygen atoms in total. The molecule has 5 rings (SSSR count). The quantitative estimate of drug-likeness (QED) is 0.703. The summed E-state index contributed by atoms with van der Waals surface area (Å²) in [5, 5.41) is 11.3. The molecule has 5 aliphatic rings. The maximum Gasteiger partial charge on any atom is 0.333 e. The molecule has 3 saturated carbocycles. The van der Waals surface area contributed by atoms with Crippen LogP contribution in [0.1, 0.15) is 45.4 Å². The zero-order valence-electron chi connectivity index (χ0n) is 17.3. The normalized spacial score (nSPS) is 50.6. The molecule has 1 saturated heterocycles. The van der Waals surface area contributed by atoms with Crippen LogP contribution in [0.4, 0.5) is 0 Å². The van der Waals surface area contributed by atoms with E-state index in [0.29, 0.717) is 18.6 Å². The molecule has 0 aromatic carbocycles. The summed E-state index contributed by atoms with van der Waals surface area (Å²) in [6.45, 7) is 2.39. The van der Waals surface area contributed by atoms with Crippen molar-refractivity contribution in [3.63, 3.8) is 0 Å². The SMILES string of the molecule is COC(=O)[C@@]12CCC[C@]3([C@@H](OC)OC1)[C@H]1C[C@@]4(O)OC(=O)C=C4[C@H](C)[C@@H]1CC[C@@H]23. The van der Waals surface area contributed by atoms with Gasteiger partial charge >= 0.3 is 11.9 Å². The fraction of sp³-hybridized carbons (Fsp3) is 0.818. The van der Waals surface area contributed by atoms with Crippen LogP contribution in [0.15, 0.2) is 11.6 Å². The first-order chi connectivity index (χ1) is 13.8. The van der Waals surface area contributed by atoms with Crippen molar-refractivity contribution in [1.29, 1.82) is 0 Å². The summed E-state index contributed by atoms with van der Waals surface area (Å²) in [7, 11) is 3.10. The molecule has 3 aliphatic carbocycles. The van der Waals surface area contributed by atoms with Gasteiger partial charge in [-0.15, -0.1) is 0 Å². The van der Waals surface area contributed by atoms with Crippen LogP contribution in [0.2, 0.25) is 0 Å². The zero-order valence-corrected chi connectivity index (χ0v) is 17.3. The van der Waals surface area contributed by atoms with Gasteiger partial charge in [0.2, 0.25) is 5.79 Å². The van der Waals surface area contributed by atoms with E-state index in [1.807, 2.05) is 0 Å². The average Bonchev–Trinajstić information content (AvgIpc) is 3.01. The maximum absolute atomic E-state index is 13.0. The van der Waals surface area contributed by atoms with Crippen molar-refractivity contribution in [2.75, 3.05) is 20.8 Å². The van der Waals surface area contributed by atoms with Gasteiger partial charge in [0.25, 0.3) is 0 Å². The van der Waals surface area contributed by atoms with Crippen molar-refractivity contribution < 1.29 is 33.6 Å². The van der Waals surface area contributed by atoms with Crippen molar-refractivity contribution in [3.05, 3.63) is 11.6 Å². The third-order valence-corrected chi connectivity index (χ3v) is 8.90. The molecular weight excluding hydrogens is 376 g/mol. The van der Waals surface area contributed by atoms with Crippen LogP contribution < -0.4 is 0 Å². The lowest BCUT2D eigenvalue weighted by Gasteiger charge is -2.67. The van der Waals surface area contributed by atoms with E-state index in [-0.39, 0.29) is 29.6 Å². The first-order valence-electron chi connectivity index (χ1n) is 10.7. The minimum Gasteiger partial charge on any atom is -0.469 e. The van der Waals surface area contributed by atoms with E-state index in [9.17, 15) is 14.7 Å². The van der Waals surface area contributed by atoms with Gasteiger partial charge < -0.3 is 24.1 Å². The Kier molecular flexibility index (Phi) is 4.23. The number of fused-ring (bicyclic) bond motifs is 2. The third kappa shape index (κ3) is 2.29. The summed E-state index contributed by atoms with van der Waals surface area (Å²) in [5.74, 6) is -1.84. The molecule has 8 atom stereocenters. The van der Waals surface area contributed by atoms with Gasteiger partial charge in [0.1, 0.15) is 0 Å². The summed E-state index contributed by atoms with van der Waals surface area (Å²) in [5.41, 5.74) is -0.381. The molecule has 4 fully saturated rings. The molecule has 0 radical (unpaired) electrons. The van der Waals surface area contributed by atoms with E-state index in [1.165, 1.54) is 13.2 Å². The summed E-state index contributed by atoms with van der Waals surface area (Å²) in [6.07, 6.45) is 5.68. The fourth-order valence-corrected chi connectivity index (χ4v) is 7.93. The Bertz CT molecular complexity index is 777. The van der Waals surface area contributed by atoms with Gasteiger partial charge in [0.15, 0.2) is 6.29 Å². The number of hydrogen-bond donors (Lipinski definition) is 1. The third-order valence-electron chi connectivity index (χ3n) is 8.90. The smallest absolute Gasteiger partial charge is 0.333 e. The minimum atomic E-state index is -1.56. The van der Waals surface area contributed by atoms with Crippen LogP contribution in [-0.2, 0) is 28.5 Å². The minimum absolute atomic E-state index is 0.0226. The van der Waals surface area contributed by atoms with Crippen molar-refractivity contribution in [2.45, 2.75) is 57.5 Å². The summed E-state index contributed by atoms with van der Waals surface area (Å²) >= 11 is 0. The predicted octanol–water partition coefficient (Wildman–Crippen LogP) is 2.17. The number of aliphatic hydroxyl groups is 1. The highest BCUT2D eigenvalue weighted by Gasteiger charge is 2.72. The van der Waals surface area contributed by atoms with Gasteiger partial charge in [-0.2, -0.15) is 0 Å². The van der Waals surface area contributed by atoms with Gasteiger partial charge in [0.05, 0.1) is 19.1 Å². The lowest BCUT2D eigenvalue weighted by atomic mass is 9.40. The number of methoxy groups -OCH3 is 2. The zero-order chi connectivity index (χ0) is 20.6. The van der Waals surface area contributed by atoms with Crippen molar-refractivity contribution in [1.82, 2.24) is 0 Å². The van der Waals surface area contributed by atoms with Gasteiger partial charge in [-0.25, -0.2) is 4.79 Å². The molecular formula is C22H30O7. The van der Waals surface area contributed by atoms with Crippen LogP contribution in [0.25, 0.3) is 0 Å². The van der Waals surface area contributed by atoms with Crippen molar-refractivity contribution in [2.24, 2.45) is 34.5 Å². The second-order valence-corrected chi connectivity index (χ2v) is 9.69. The summed E-state index contributed by atoms with van der Waals surface area (Å²) in [4.78, 5) is 25.0. The Morgan fingerprint density at radius 2 is 2.07 bits per heavy atom. The lowest BCUT2D eigenvalue weighted by Crippen LogP contribution is -2.69. The molecule has 7 heteroatoms. The van der Waals surface area contributed by atoms with Gasteiger partial charge in [0, 0.05) is 30.6 Å². The predicted molar refractivity (Wildman–Crippen MR) is 100 cm³/mol. The van der Waals surface area contributed by atoms with Crippen LogP contribution in [-0.4, -0.2) is 49.9 Å². The van der Waals surface area contributed by atoms with E-state index in [0.717, 1.165) is 32.1 Å². The Hall–Kier alpha value is -1.44. The molecule has 2 aliphatic heterocycles. The van der Waals surface area contributed by atoms with E-state index in [1.54, 1.807) is 7.11 Å². The highest BCUT2D eigenvalue weighted by molar-refractivity contribution is 5.86. The van der Waals surface area contributed by atoms with Crippen molar-refractivity contribution >= 4 is 11.9 Å². The highest BCUT2D eigenvalue weighted by atomic mass is 16.7. The standard InChI is InChI=1S/C22H30O7/c1-12-13-5-6-16-20(18(24)26-2)7-4-8-21(16,19(27-3)28-11-20)15(13)10-22(25)14(12)9-17(23)29-22/h9,12-13,15-16,19,25H,4-8,10-11H2,1-3H3/t12-,13+,15+,16+,19+,20+,21+,22-/m1/s1. The Labute approximate surface area is 170 Å². The molecule has 0 amide bonds. The monoisotopic (exact) mass is 406 g/mol. The number of carbonyl (C=O) groups is 2. The fourth-order valence-electron chi connectivity index (χ4n) is 7.93. The summed E-state index contributed by atoms with van der Waals surface area (Å²) < 4.78 is 22.7. The number of hydrogen-bond acceptors (Lipinski definition) is 7. The van der Waals surface area contributed by atoms with Crippen LogP contribution >= 0.6 is 0 Å². The largest absolute Gasteiger partial charge is 0.469 e. The van der Waals surface area contributed by atoms with Crippen LogP contribution in [0.5, 0.6) is 0 Å². The molecule has 2 bridgehead atoms. The Balaban J connectivity index is 1.63. The molecule has 0 spiro atoms. The summed E-state index contributed by atoms with van der Waals surface area (Å²) in [6, 6.07) is 0. The van der Waals surface area contributed by atoms with E-state index in [4.69, 9.17) is 18.9 Å². The molecule has 2 heterocycles. The average molecular weight is 406 g/mol. The molecule has 0 aromatic rings. The van der Waals surface area contributed by atoms with E-state index < -0.39 is 28.9 Å². The molecule has 0 unspecified atom stereocenters. The number of carbonyl (C=O) groups excluding carboxylic acids is 2. The second-order valence-electron chi connectivity index (χ2n) is 9.69. The highest BCUT2D eigenvalue weighted by Crippen LogP contribution is 2.70. The van der Waals surface area contributed by atoms with Gasteiger partial charge in [-0.1, -0.05) is 13.3 Å². The topological polar surface area (TPSA) is 91.3 Å². The van der Waals surface area contributed by atoms with E-state index in [2.05, 4.69) is 6.92 Å². The maximum atomic E-state index is 13.0. The molecule has 1 N–H and O–H groups in total. The number of ether oxygens (including phenoxy) is 4. The molecule has 0 aromatic heterocycles. The molecule has 160 valence electrons. The Morgan fingerprint density at radius 1 is 1.28 bits per heavy atom. The van der Waals surface area contributed by atoms with Crippen LogP contribution in [0, 0.1) is 34.5 Å². The van der Waals surface area contributed by atoms with Crippen molar-refractivity contribution in [3.8, 4) is 0 Å². The number of rotatable bonds is 2.